The third-order valence-corrected chi connectivity index (χ3v) is 2.99. The zero-order chi connectivity index (χ0) is 14.5. The number of amides is 1. The molecule has 19 heavy (non-hydrogen) atoms. The summed E-state index contributed by atoms with van der Waals surface area (Å²) in [5.74, 6) is -0.452. The average molecular weight is 267 g/mol. The lowest BCUT2D eigenvalue weighted by atomic mass is 9.89. The lowest BCUT2D eigenvalue weighted by molar-refractivity contribution is -0.121. The fourth-order valence-corrected chi connectivity index (χ4v) is 1.84. The van der Waals surface area contributed by atoms with Gasteiger partial charge in [0.2, 0.25) is 5.91 Å². The highest BCUT2D eigenvalue weighted by molar-refractivity contribution is 5.78. The molecule has 1 aromatic rings. The molecule has 0 aliphatic heterocycles. The molecule has 0 bridgehead atoms. The Morgan fingerprint density at radius 3 is 2.63 bits per heavy atom. The number of hydrogen-bond acceptors (Lipinski definition) is 2. The van der Waals surface area contributed by atoms with Gasteiger partial charge in [-0.3, -0.25) is 4.79 Å². The molecule has 4 heteroatoms. The van der Waals surface area contributed by atoms with Crippen LogP contribution in [0.2, 0.25) is 0 Å². The maximum absolute atomic E-state index is 13.0. The molecule has 1 aromatic carbocycles. The number of ether oxygens (including phenoxy) is 1. The van der Waals surface area contributed by atoms with Gasteiger partial charge < -0.3 is 10.1 Å². The number of methoxy groups -OCH3 is 1. The van der Waals surface area contributed by atoms with Crippen molar-refractivity contribution in [2.45, 2.75) is 33.3 Å². The zero-order valence-corrected chi connectivity index (χ0v) is 12.0. The van der Waals surface area contributed by atoms with Gasteiger partial charge in [0.25, 0.3) is 0 Å². The van der Waals surface area contributed by atoms with Gasteiger partial charge in [0.15, 0.2) is 0 Å². The van der Waals surface area contributed by atoms with Crippen LogP contribution in [0.5, 0.6) is 0 Å². The Hall–Kier alpha value is -1.42. The van der Waals surface area contributed by atoms with E-state index in [4.69, 9.17) is 4.74 Å². The summed E-state index contributed by atoms with van der Waals surface area (Å²) in [7, 11) is 1.63. The third-order valence-electron chi connectivity index (χ3n) is 2.99. The van der Waals surface area contributed by atoms with E-state index in [0.717, 1.165) is 0 Å². The third kappa shape index (κ3) is 5.39. The van der Waals surface area contributed by atoms with Gasteiger partial charge in [0, 0.05) is 13.7 Å². The molecule has 3 nitrogen and oxygen atoms in total. The van der Waals surface area contributed by atoms with Crippen molar-refractivity contribution in [1.29, 1.82) is 0 Å². The fourth-order valence-electron chi connectivity index (χ4n) is 1.84. The van der Waals surface area contributed by atoms with Crippen molar-refractivity contribution < 1.29 is 13.9 Å². The Kier molecular flexibility index (Phi) is 5.48. The summed E-state index contributed by atoms with van der Waals surface area (Å²) >= 11 is 0. The maximum Gasteiger partial charge on any atom is 0.224 e. The fraction of sp³-hybridized carbons (Fsp3) is 0.533. The second kappa shape index (κ2) is 6.66. The van der Waals surface area contributed by atoms with Gasteiger partial charge >= 0.3 is 0 Å². The molecule has 1 N–H and O–H groups in total. The van der Waals surface area contributed by atoms with Crippen LogP contribution < -0.4 is 5.32 Å². The molecule has 0 heterocycles. The molecular formula is C15H22FNO2. The van der Waals surface area contributed by atoms with Gasteiger partial charge in [-0.25, -0.2) is 4.39 Å². The van der Waals surface area contributed by atoms with Crippen LogP contribution >= 0.6 is 0 Å². The van der Waals surface area contributed by atoms with Crippen LogP contribution in [0.1, 0.15) is 26.3 Å². The molecule has 0 fully saturated rings. The maximum atomic E-state index is 13.0. The van der Waals surface area contributed by atoms with Crippen LogP contribution in [0.15, 0.2) is 24.3 Å². The van der Waals surface area contributed by atoms with Gasteiger partial charge in [0.05, 0.1) is 12.5 Å². The van der Waals surface area contributed by atoms with E-state index >= 15 is 0 Å². The SMILES string of the molecule is COC(CNC(=O)Cc1cccc(F)c1)C(C)(C)C. The number of hydrogen-bond donors (Lipinski definition) is 1. The van der Waals surface area contributed by atoms with Crippen molar-refractivity contribution in [1.82, 2.24) is 5.32 Å². The molecule has 0 aliphatic rings. The van der Waals surface area contributed by atoms with Gasteiger partial charge in [-0.15, -0.1) is 0 Å². The van der Waals surface area contributed by atoms with Gasteiger partial charge in [-0.1, -0.05) is 32.9 Å². The lowest BCUT2D eigenvalue weighted by Gasteiger charge is -2.29. The van der Waals surface area contributed by atoms with Crippen LogP contribution in [-0.4, -0.2) is 25.7 Å². The van der Waals surface area contributed by atoms with Crippen LogP contribution in [-0.2, 0) is 16.0 Å². The largest absolute Gasteiger partial charge is 0.379 e. The second-order valence-electron chi connectivity index (χ2n) is 5.70. The topological polar surface area (TPSA) is 38.3 Å². The smallest absolute Gasteiger partial charge is 0.224 e. The average Bonchev–Trinajstić information content (AvgIpc) is 2.27. The molecule has 1 unspecified atom stereocenters. The second-order valence-corrected chi connectivity index (χ2v) is 5.70. The Balaban J connectivity index is 2.48. The number of nitrogens with one attached hydrogen (secondary N) is 1. The van der Waals surface area contributed by atoms with Crippen molar-refractivity contribution in [3.63, 3.8) is 0 Å². The number of carbonyl (C=O) groups excluding carboxylic acids is 1. The Bertz CT molecular complexity index is 426. The molecular weight excluding hydrogens is 245 g/mol. The normalized spacial score (nSPS) is 13.1. The van der Waals surface area contributed by atoms with E-state index in [1.807, 2.05) is 0 Å². The first-order chi connectivity index (χ1) is 8.82. The summed E-state index contributed by atoms with van der Waals surface area (Å²) in [6.07, 6.45) is 0.127. The molecule has 1 amide bonds. The van der Waals surface area contributed by atoms with Crippen LogP contribution in [0.3, 0.4) is 0 Å². The molecule has 0 aliphatic carbocycles. The minimum atomic E-state index is -0.324. The first-order valence-corrected chi connectivity index (χ1v) is 6.37. The molecule has 0 aromatic heterocycles. The van der Waals surface area contributed by atoms with Crippen LogP contribution in [0.25, 0.3) is 0 Å². The first-order valence-electron chi connectivity index (χ1n) is 6.37. The first kappa shape index (κ1) is 15.6. The minimum absolute atomic E-state index is 0.0408. The number of halogens is 1. The molecule has 0 spiro atoms. The molecule has 106 valence electrons. The van der Waals surface area contributed by atoms with Crippen LogP contribution in [0, 0.1) is 11.2 Å². The van der Waals surface area contributed by atoms with Crippen molar-refractivity contribution in [2.75, 3.05) is 13.7 Å². The molecule has 1 atom stereocenters. The molecule has 0 radical (unpaired) electrons. The molecule has 0 saturated heterocycles. The standard InChI is InChI=1S/C15H22FNO2/c1-15(2,3)13(19-4)10-17-14(18)9-11-6-5-7-12(16)8-11/h5-8,13H,9-10H2,1-4H3,(H,17,18). The summed E-state index contributed by atoms with van der Waals surface area (Å²) in [6.45, 7) is 6.62. The van der Waals surface area contributed by atoms with E-state index in [9.17, 15) is 9.18 Å². The number of rotatable bonds is 5. The summed E-state index contributed by atoms with van der Waals surface area (Å²) in [5, 5.41) is 2.82. The van der Waals surface area contributed by atoms with Gasteiger partial charge in [0.1, 0.15) is 5.82 Å². The molecule has 1 rings (SSSR count). The van der Waals surface area contributed by atoms with Crippen LogP contribution in [0.4, 0.5) is 4.39 Å². The highest BCUT2D eigenvalue weighted by Crippen LogP contribution is 2.20. The monoisotopic (exact) mass is 267 g/mol. The Labute approximate surface area is 114 Å². The summed E-state index contributed by atoms with van der Waals surface area (Å²) < 4.78 is 18.4. The van der Waals surface area contributed by atoms with Crippen molar-refractivity contribution in [2.24, 2.45) is 5.41 Å². The number of benzene rings is 1. The highest BCUT2D eigenvalue weighted by Gasteiger charge is 2.24. The van der Waals surface area contributed by atoms with Crippen molar-refractivity contribution in [3.8, 4) is 0 Å². The van der Waals surface area contributed by atoms with E-state index in [0.29, 0.717) is 12.1 Å². The quantitative estimate of drug-likeness (QED) is 0.890. The highest BCUT2D eigenvalue weighted by atomic mass is 19.1. The Morgan fingerprint density at radius 2 is 2.11 bits per heavy atom. The van der Waals surface area contributed by atoms with E-state index in [-0.39, 0.29) is 29.7 Å². The van der Waals surface area contributed by atoms with Crippen molar-refractivity contribution in [3.05, 3.63) is 35.6 Å². The van der Waals surface area contributed by atoms with E-state index < -0.39 is 0 Å². The summed E-state index contributed by atoms with van der Waals surface area (Å²) in [6, 6.07) is 6.07. The zero-order valence-electron chi connectivity index (χ0n) is 12.0. The Morgan fingerprint density at radius 1 is 1.42 bits per heavy atom. The van der Waals surface area contributed by atoms with Crippen molar-refractivity contribution >= 4 is 5.91 Å². The molecule has 0 saturated carbocycles. The van der Waals surface area contributed by atoms with E-state index in [1.165, 1.54) is 12.1 Å². The summed E-state index contributed by atoms with van der Waals surface area (Å²) in [5.41, 5.74) is 0.628. The predicted molar refractivity (Wildman–Crippen MR) is 73.4 cm³/mol. The predicted octanol–water partition coefficient (Wildman–Crippen LogP) is 2.55. The van der Waals surface area contributed by atoms with E-state index in [1.54, 1.807) is 19.2 Å². The van der Waals surface area contributed by atoms with Gasteiger partial charge in [-0.2, -0.15) is 0 Å². The number of carbonyl (C=O) groups is 1. The summed E-state index contributed by atoms with van der Waals surface area (Å²) in [4.78, 5) is 11.8. The van der Waals surface area contributed by atoms with Gasteiger partial charge in [-0.05, 0) is 23.1 Å². The lowest BCUT2D eigenvalue weighted by Crippen LogP contribution is -2.41. The minimum Gasteiger partial charge on any atom is -0.379 e. The van der Waals surface area contributed by atoms with E-state index in [2.05, 4.69) is 26.1 Å².